The van der Waals surface area contributed by atoms with E-state index in [-0.39, 0.29) is 11.2 Å². The fraction of sp³-hybridized carbons (Fsp3) is 0.389. The van der Waals surface area contributed by atoms with Crippen LogP contribution in [-0.2, 0) is 9.53 Å². The van der Waals surface area contributed by atoms with E-state index in [1.165, 1.54) is 11.8 Å². The molecule has 1 heterocycles. The molecule has 2 rings (SSSR count). The summed E-state index contributed by atoms with van der Waals surface area (Å²) in [6.07, 6.45) is 0. The Morgan fingerprint density at radius 3 is 2.52 bits per heavy atom. The predicted molar refractivity (Wildman–Crippen MR) is 93.3 cm³/mol. The van der Waals surface area contributed by atoms with Gasteiger partial charge in [-0.2, -0.15) is 0 Å². The van der Waals surface area contributed by atoms with Gasteiger partial charge in [-0.1, -0.05) is 55.9 Å². The number of benzene rings is 1. The highest BCUT2D eigenvalue weighted by atomic mass is 32.2. The zero-order chi connectivity index (χ0) is 16.8. The summed E-state index contributed by atoms with van der Waals surface area (Å²) in [5, 5.41) is 0.483. The molecule has 2 aromatic rings. The SMILES string of the molecule is Cc1nc(S[C@@H](C)C(=O)OCC(C)C)cc(-c2ccccc2)n1. The van der Waals surface area contributed by atoms with E-state index in [1.54, 1.807) is 0 Å². The average molecular weight is 330 g/mol. The highest BCUT2D eigenvalue weighted by molar-refractivity contribution is 8.00. The lowest BCUT2D eigenvalue weighted by Gasteiger charge is -2.13. The molecule has 23 heavy (non-hydrogen) atoms. The summed E-state index contributed by atoms with van der Waals surface area (Å²) in [6, 6.07) is 11.9. The van der Waals surface area contributed by atoms with E-state index in [2.05, 4.69) is 9.97 Å². The summed E-state index contributed by atoms with van der Waals surface area (Å²) >= 11 is 1.40. The van der Waals surface area contributed by atoms with Crippen LogP contribution in [0.3, 0.4) is 0 Å². The molecule has 0 unspecified atom stereocenters. The second-order valence-corrected chi connectivity index (χ2v) is 7.15. The first kappa shape index (κ1) is 17.5. The summed E-state index contributed by atoms with van der Waals surface area (Å²) in [7, 11) is 0. The topological polar surface area (TPSA) is 52.1 Å². The van der Waals surface area contributed by atoms with Crippen LogP contribution in [0.25, 0.3) is 11.3 Å². The van der Waals surface area contributed by atoms with Gasteiger partial charge in [-0.15, -0.1) is 0 Å². The molecule has 1 aromatic heterocycles. The Morgan fingerprint density at radius 2 is 1.87 bits per heavy atom. The number of ether oxygens (including phenoxy) is 1. The van der Waals surface area contributed by atoms with Gasteiger partial charge in [0.1, 0.15) is 16.1 Å². The second kappa shape index (κ2) is 8.11. The second-order valence-electron chi connectivity index (χ2n) is 5.79. The van der Waals surface area contributed by atoms with Gasteiger partial charge in [0, 0.05) is 5.56 Å². The molecule has 0 aliphatic carbocycles. The summed E-state index contributed by atoms with van der Waals surface area (Å²) in [4.78, 5) is 20.9. The monoisotopic (exact) mass is 330 g/mol. The third-order valence-electron chi connectivity index (χ3n) is 3.07. The minimum atomic E-state index is -0.299. The summed E-state index contributed by atoms with van der Waals surface area (Å²) < 4.78 is 5.28. The molecular formula is C18H22N2O2S. The van der Waals surface area contributed by atoms with Crippen LogP contribution in [0.5, 0.6) is 0 Å². The quantitative estimate of drug-likeness (QED) is 0.453. The first-order chi connectivity index (χ1) is 11.0. The molecule has 0 amide bonds. The molecule has 0 saturated carbocycles. The first-order valence-electron chi connectivity index (χ1n) is 7.70. The average Bonchev–Trinajstić information content (AvgIpc) is 2.52. The maximum absolute atomic E-state index is 12.0. The molecule has 0 saturated heterocycles. The third kappa shape index (κ3) is 5.36. The fourth-order valence-electron chi connectivity index (χ4n) is 1.95. The van der Waals surface area contributed by atoms with Crippen molar-refractivity contribution in [1.82, 2.24) is 9.97 Å². The number of aryl methyl sites for hydroxylation is 1. The van der Waals surface area contributed by atoms with Crippen LogP contribution in [-0.4, -0.2) is 27.8 Å². The molecule has 0 radical (unpaired) electrons. The molecule has 0 aliphatic rings. The summed E-state index contributed by atoms with van der Waals surface area (Å²) in [5.74, 6) is 0.819. The Bertz CT molecular complexity index is 659. The molecule has 1 aromatic carbocycles. The number of carbonyl (C=O) groups excluding carboxylic acids is 1. The van der Waals surface area contributed by atoms with Crippen LogP contribution in [0.4, 0.5) is 0 Å². The number of nitrogens with zero attached hydrogens (tertiary/aromatic N) is 2. The van der Waals surface area contributed by atoms with Crippen molar-refractivity contribution in [3.63, 3.8) is 0 Å². The van der Waals surface area contributed by atoms with E-state index >= 15 is 0 Å². The standard InChI is InChI=1S/C18H22N2O2S/c1-12(2)11-22-18(21)13(3)23-17-10-16(19-14(4)20-17)15-8-6-5-7-9-15/h5-10,12-13H,11H2,1-4H3/t13-/m0/s1. The van der Waals surface area contributed by atoms with Crippen LogP contribution in [0.2, 0.25) is 0 Å². The number of aromatic nitrogens is 2. The Labute approximate surface area is 141 Å². The molecule has 5 heteroatoms. The maximum atomic E-state index is 12.0. The zero-order valence-electron chi connectivity index (χ0n) is 13.9. The van der Waals surface area contributed by atoms with E-state index in [1.807, 2.05) is 64.1 Å². The summed E-state index contributed by atoms with van der Waals surface area (Å²) in [5.41, 5.74) is 1.90. The van der Waals surface area contributed by atoms with Crippen LogP contribution >= 0.6 is 11.8 Å². The molecule has 0 N–H and O–H groups in total. The Morgan fingerprint density at radius 1 is 1.17 bits per heavy atom. The van der Waals surface area contributed by atoms with Gasteiger partial charge in [0.15, 0.2) is 0 Å². The van der Waals surface area contributed by atoms with E-state index in [0.717, 1.165) is 16.3 Å². The highest BCUT2D eigenvalue weighted by Gasteiger charge is 2.18. The molecule has 0 aliphatic heterocycles. The normalized spacial score (nSPS) is 12.2. The van der Waals surface area contributed by atoms with Gasteiger partial charge in [0.25, 0.3) is 0 Å². The number of carbonyl (C=O) groups is 1. The number of rotatable bonds is 6. The van der Waals surface area contributed by atoms with Crippen molar-refractivity contribution >= 4 is 17.7 Å². The van der Waals surface area contributed by atoms with Crippen molar-refractivity contribution in [2.75, 3.05) is 6.61 Å². The van der Waals surface area contributed by atoms with Gasteiger partial charge in [-0.3, -0.25) is 4.79 Å². The fourth-order valence-corrected chi connectivity index (χ4v) is 2.84. The van der Waals surface area contributed by atoms with E-state index in [4.69, 9.17) is 4.74 Å². The zero-order valence-corrected chi connectivity index (χ0v) is 14.8. The Balaban J connectivity index is 2.11. The number of hydrogen-bond acceptors (Lipinski definition) is 5. The number of thioether (sulfide) groups is 1. The van der Waals surface area contributed by atoms with Crippen molar-refractivity contribution in [3.05, 3.63) is 42.2 Å². The summed E-state index contributed by atoms with van der Waals surface area (Å²) in [6.45, 7) is 8.18. The molecule has 0 fully saturated rings. The van der Waals surface area contributed by atoms with Crippen LogP contribution < -0.4 is 0 Å². The predicted octanol–water partition coefficient (Wildman–Crippen LogP) is 4.13. The highest BCUT2D eigenvalue weighted by Crippen LogP contribution is 2.26. The van der Waals surface area contributed by atoms with Crippen molar-refractivity contribution < 1.29 is 9.53 Å². The molecule has 1 atom stereocenters. The smallest absolute Gasteiger partial charge is 0.319 e. The Kier molecular flexibility index (Phi) is 6.16. The molecule has 4 nitrogen and oxygen atoms in total. The third-order valence-corrected chi connectivity index (χ3v) is 4.07. The number of hydrogen-bond donors (Lipinski definition) is 0. The number of esters is 1. The minimum Gasteiger partial charge on any atom is -0.465 e. The van der Waals surface area contributed by atoms with Crippen LogP contribution in [0.15, 0.2) is 41.4 Å². The van der Waals surface area contributed by atoms with Gasteiger partial charge in [-0.25, -0.2) is 9.97 Å². The lowest BCUT2D eigenvalue weighted by molar-refractivity contribution is -0.143. The minimum absolute atomic E-state index is 0.207. The molecule has 122 valence electrons. The molecule has 0 spiro atoms. The lowest BCUT2D eigenvalue weighted by atomic mass is 10.1. The van der Waals surface area contributed by atoms with Gasteiger partial charge in [-0.05, 0) is 25.8 Å². The van der Waals surface area contributed by atoms with Crippen molar-refractivity contribution in [2.24, 2.45) is 5.92 Å². The largest absolute Gasteiger partial charge is 0.465 e. The van der Waals surface area contributed by atoms with E-state index < -0.39 is 0 Å². The van der Waals surface area contributed by atoms with Gasteiger partial charge < -0.3 is 4.74 Å². The molecule has 0 bridgehead atoms. The molecular weight excluding hydrogens is 308 g/mol. The van der Waals surface area contributed by atoms with Crippen molar-refractivity contribution in [2.45, 2.75) is 38.0 Å². The maximum Gasteiger partial charge on any atom is 0.319 e. The van der Waals surface area contributed by atoms with Crippen LogP contribution in [0.1, 0.15) is 26.6 Å². The van der Waals surface area contributed by atoms with E-state index in [0.29, 0.717) is 18.3 Å². The first-order valence-corrected chi connectivity index (χ1v) is 8.58. The Hall–Kier alpha value is -1.88. The van der Waals surface area contributed by atoms with Crippen molar-refractivity contribution in [1.29, 1.82) is 0 Å². The van der Waals surface area contributed by atoms with Crippen molar-refractivity contribution in [3.8, 4) is 11.3 Å². The van der Waals surface area contributed by atoms with E-state index in [9.17, 15) is 4.79 Å². The van der Waals surface area contributed by atoms with Gasteiger partial charge >= 0.3 is 5.97 Å². The van der Waals surface area contributed by atoms with Gasteiger partial charge in [0.2, 0.25) is 0 Å². The van der Waals surface area contributed by atoms with Crippen LogP contribution in [0, 0.1) is 12.8 Å². The van der Waals surface area contributed by atoms with Gasteiger partial charge in [0.05, 0.1) is 12.3 Å². The lowest BCUT2D eigenvalue weighted by Crippen LogP contribution is -2.19.